The number of ether oxygens (including phenoxy) is 3. The summed E-state index contributed by atoms with van der Waals surface area (Å²) in [6.07, 6.45) is 3.30. The van der Waals surface area contributed by atoms with E-state index in [1.165, 1.54) is 5.56 Å². The van der Waals surface area contributed by atoms with Crippen molar-refractivity contribution in [3.63, 3.8) is 0 Å². The van der Waals surface area contributed by atoms with Gasteiger partial charge in [0.25, 0.3) is 0 Å². The summed E-state index contributed by atoms with van der Waals surface area (Å²) in [6, 6.07) is 17.9. The molecule has 0 aliphatic rings. The van der Waals surface area contributed by atoms with E-state index in [1.807, 2.05) is 44.2 Å². The van der Waals surface area contributed by atoms with E-state index in [4.69, 9.17) is 25.0 Å². The van der Waals surface area contributed by atoms with Crippen LogP contribution < -0.4 is 15.2 Å². The second kappa shape index (κ2) is 13.3. The van der Waals surface area contributed by atoms with Crippen molar-refractivity contribution in [2.24, 2.45) is 5.73 Å². The molecule has 4 rings (SSSR count). The molecule has 4 aromatic rings. The number of rotatable bonds is 12. The van der Waals surface area contributed by atoms with E-state index >= 15 is 0 Å². The number of hydrogen-bond acceptors (Lipinski definition) is 7. The van der Waals surface area contributed by atoms with Gasteiger partial charge in [-0.05, 0) is 67.6 Å². The van der Waals surface area contributed by atoms with Crippen LogP contribution in [0.25, 0.3) is 22.4 Å². The van der Waals surface area contributed by atoms with Crippen LogP contribution in [0, 0.1) is 0 Å². The summed E-state index contributed by atoms with van der Waals surface area (Å²) in [6.45, 7) is 11.4. The third-order valence-electron chi connectivity index (χ3n) is 6.35. The van der Waals surface area contributed by atoms with Gasteiger partial charge >= 0.3 is 5.97 Å². The van der Waals surface area contributed by atoms with Crippen molar-refractivity contribution >= 4 is 5.97 Å². The lowest BCUT2D eigenvalue weighted by atomic mass is 9.98. The van der Waals surface area contributed by atoms with Crippen molar-refractivity contribution in [3.8, 4) is 33.9 Å². The van der Waals surface area contributed by atoms with Crippen LogP contribution >= 0.6 is 0 Å². The maximum atomic E-state index is 13.2. The number of pyridine rings is 1. The Hall–Kier alpha value is -4.17. The molecule has 0 radical (unpaired) electrons. The lowest BCUT2D eigenvalue weighted by Crippen LogP contribution is -2.18. The zero-order valence-electron chi connectivity index (χ0n) is 23.9. The molecule has 0 spiro atoms. The SMILES string of the molecule is CCOC(=O)c1c(-c2ccc(OCc3ccc(C(C)C)cc3)c(OC(C)C)c2)c(-c2ccncc2)nn1CCN. The number of hydrogen-bond donors (Lipinski definition) is 1. The summed E-state index contributed by atoms with van der Waals surface area (Å²) in [7, 11) is 0. The average molecular weight is 543 g/mol. The van der Waals surface area contributed by atoms with E-state index in [0.717, 1.165) is 16.7 Å². The first-order chi connectivity index (χ1) is 19.3. The summed E-state index contributed by atoms with van der Waals surface area (Å²) < 4.78 is 19.5. The lowest BCUT2D eigenvalue weighted by molar-refractivity contribution is 0.0513. The van der Waals surface area contributed by atoms with Gasteiger partial charge in [-0.15, -0.1) is 0 Å². The Bertz CT molecular complexity index is 1410. The van der Waals surface area contributed by atoms with E-state index in [9.17, 15) is 4.79 Å². The van der Waals surface area contributed by atoms with Gasteiger partial charge < -0.3 is 19.9 Å². The standard InChI is InChI=1S/C32H38N4O4/c1-6-38-32(37)31-29(30(35-36(31)18-15-33)25-13-16-34-17-14-25)26-11-12-27(28(19-26)40-22(4)5)39-20-23-7-9-24(10-8-23)21(2)3/h7-14,16-17,19,21-22H,6,15,18,20,33H2,1-5H3. The number of nitrogens with two attached hydrogens (primary N) is 1. The number of esters is 1. The fraction of sp³-hybridized carbons (Fsp3) is 0.344. The highest BCUT2D eigenvalue weighted by molar-refractivity contribution is 6.00. The van der Waals surface area contributed by atoms with Crippen LogP contribution in [0.2, 0.25) is 0 Å². The van der Waals surface area contributed by atoms with Crippen LogP contribution in [-0.2, 0) is 17.9 Å². The largest absolute Gasteiger partial charge is 0.487 e. The van der Waals surface area contributed by atoms with Gasteiger partial charge in [0.05, 0.1) is 19.3 Å². The van der Waals surface area contributed by atoms with Crippen molar-refractivity contribution in [3.05, 3.63) is 83.8 Å². The molecule has 8 heteroatoms. The first kappa shape index (κ1) is 28.8. The van der Waals surface area contributed by atoms with Crippen LogP contribution in [0.5, 0.6) is 11.5 Å². The molecule has 2 aromatic heterocycles. The molecule has 0 unspecified atom stereocenters. The second-order valence-corrected chi connectivity index (χ2v) is 10.1. The van der Waals surface area contributed by atoms with Crippen molar-refractivity contribution in [1.29, 1.82) is 0 Å². The second-order valence-electron chi connectivity index (χ2n) is 10.1. The molecule has 0 aliphatic heterocycles. The summed E-state index contributed by atoms with van der Waals surface area (Å²) in [5, 5.41) is 4.79. The first-order valence-electron chi connectivity index (χ1n) is 13.7. The van der Waals surface area contributed by atoms with Crippen molar-refractivity contribution in [2.75, 3.05) is 13.2 Å². The van der Waals surface area contributed by atoms with Crippen molar-refractivity contribution in [1.82, 2.24) is 14.8 Å². The predicted molar refractivity (Wildman–Crippen MR) is 157 cm³/mol. The molecule has 0 saturated carbocycles. The highest BCUT2D eigenvalue weighted by atomic mass is 16.5. The average Bonchev–Trinajstić information content (AvgIpc) is 3.32. The van der Waals surface area contributed by atoms with E-state index in [0.29, 0.717) is 54.1 Å². The molecule has 210 valence electrons. The number of aromatic nitrogens is 3. The normalized spacial score (nSPS) is 11.2. The van der Waals surface area contributed by atoms with Crippen molar-refractivity contribution in [2.45, 2.75) is 59.8 Å². The Labute approximate surface area is 236 Å². The predicted octanol–water partition coefficient (Wildman–Crippen LogP) is 6.24. The molecule has 40 heavy (non-hydrogen) atoms. The van der Waals surface area contributed by atoms with Gasteiger partial charge in [-0.3, -0.25) is 9.67 Å². The smallest absolute Gasteiger partial charge is 0.357 e. The molecule has 0 bridgehead atoms. The van der Waals surface area contributed by atoms with E-state index in [2.05, 4.69) is 43.1 Å². The molecule has 2 aromatic carbocycles. The Kier molecular flexibility index (Phi) is 9.56. The molecule has 0 amide bonds. The molecule has 2 N–H and O–H groups in total. The van der Waals surface area contributed by atoms with Gasteiger partial charge in [-0.2, -0.15) is 5.10 Å². The Balaban J connectivity index is 1.79. The molecular weight excluding hydrogens is 504 g/mol. The third-order valence-corrected chi connectivity index (χ3v) is 6.35. The molecular formula is C32H38N4O4. The van der Waals surface area contributed by atoms with Gasteiger partial charge in [-0.25, -0.2) is 4.79 Å². The van der Waals surface area contributed by atoms with Crippen molar-refractivity contribution < 1.29 is 19.0 Å². The summed E-state index contributed by atoms with van der Waals surface area (Å²) in [4.78, 5) is 17.4. The van der Waals surface area contributed by atoms with Crippen LogP contribution in [0.1, 0.15) is 62.2 Å². The maximum absolute atomic E-state index is 13.2. The van der Waals surface area contributed by atoms with Crippen LogP contribution in [0.3, 0.4) is 0 Å². The molecule has 0 fully saturated rings. The zero-order chi connectivity index (χ0) is 28.6. The molecule has 0 saturated heterocycles. The van der Waals surface area contributed by atoms with E-state index < -0.39 is 5.97 Å². The van der Waals surface area contributed by atoms with Gasteiger partial charge in [0, 0.05) is 30.1 Å². The molecule has 2 heterocycles. The fourth-order valence-electron chi connectivity index (χ4n) is 4.43. The zero-order valence-corrected chi connectivity index (χ0v) is 23.9. The number of carbonyl (C=O) groups excluding carboxylic acids is 1. The van der Waals surface area contributed by atoms with E-state index in [1.54, 1.807) is 24.0 Å². The molecule has 0 aliphatic carbocycles. The highest BCUT2D eigenvalue weighted by Crippen LogP contribution is 2.40. The summed E-state index contributed by atoms with van der Waals surface area (Å²) in [5.74, 6) is 1.20. The fourth-order valence-corrected chi connectivity index (χ4v) is 4.43. The maximum Gasteiger partial charge on any atom is 0.357 e. The minimum Gasteiger partial charge on any atom is -0.487 e. The monoisotopic (exact) mass is 542 g/mol. The Morgan fingerprint density at radius 1 is 0.950 bits per heavy atom. The quantitative estimate of drug-likeness (QED) is 0.212. The number of nitrogens with zero attached hydrogens (tertiary/aromatic N) is 3. The van der Waals surface area contributed by atoms with Gasteiger partial charge in [-0.1, -0.05) is 44.2 Å². The van der Waals surface area contributed by atoms with E-state index in [-0.39, 0.29) is 12.7 Å². The number of carbonyl (C=O) groups is 1. The topological polar surface area (TPSA) is 101 Å². The van der Waals surface area contributed by atoms with Crippen LogP contribution in [-0.4, -0.2) is 40.0 Å². The van der Waals surface area contributed by atoms with Crippen LogP contribution in [0.4, 0.5) is 0 Å². The Morgan fingerprint density at radius 3 is 2.30 bits per heavy atom. The van der Waals surface area contributed by atoms with Gasteiger partial charge in [0.15, 0.2) is 17.2 Å². The number of benzene rings is 2. The minimum atomic E-state index is -0.463. The molecule has 0 atom stereocenters. The minimum absolute atomic E-state index is 0.0907. The highest BCUT2D eigenvalue weighted by Gasteiger charge is 2.27. The Morgan fingerprint density at radius 2 is 1.68 bits per heavy atom. The van der Waals surface area contributed by atoms with Crippen LogP contribution in [0.15, 0.2) is 67.0 Å². The lowest BCUT2D eigenvalue weighted by Gasteiger charge is -2.17. The summed E-state index contributed by atoms with van der Waals surface area (Å²) >= 11 is 0. The summed E-state index contributed by atoms with van der Waals surface area (Å²) in [5.41, 5.74) is 11.4. The van der Waals surface area contributed by atoms with Gasteiger partial charge in [0.1, 0.15) is 12.3 Å². The molecule has 8 nitrogen and oxygen atoms in total. The van der Waals surface area contributed by atoms with Gasteiger partial charge in [0.2, 0.25) is 0 Å². The first-order valence-corrected chi connectivity index (χ1v) is 13.7. The third kappa shape index (κ3) is 6.69.